The fourth-order valence-corrected chi connectivity index (χ4v) is 4.00. The van der Waals surface area contributed by atoms with E-state index in [9.17, 15) is 4.79 Å². The number of benzene rings is 2. The van der Waals surface area contributed by atoms with Crippen LogP contribution in [0.4, 0.5) is 10.5 Å². The van der Waals surface area contributed by atoms with Gasteiger partial charge in [-0.05, 0) is 36.1 Å². The molecule has 2 aromatic carbocycles. The summed E-state index contributed by atoms with van der Waals surface area (Å²) in [6.07, 6.45) is 3.73. The van der Waals surface area contributed by atoms with Crippen LogP contribution in [0.3, 0.4) is 0 Å². The molecule has 0 atom stereocenters. The van der Waals surface area contributed by atoms with Gasteiger partial charge < -0.3 is 10.2 Å². The lowest BCUT2D eigenvalue weighted by molar-refractivity contribution is -0.0634. The van der Waals surface area contributed by atoms with Gasteiger partial charge in [0.15, 0.2) is 0 Å². The standard InChI is InChI=1S/C24H29N3O2/c1-17(2)20-6-4-5-7-21(20)25-23(28)27-14-12-24(13-15-27)16-22(26-29-24)19-10-8-18(3)9-11-19/h4-11,16-17,26H,12-15H2,1-3H3,(H,25,28). The molecule has 0 saturated carbocycles. The summed E-state index contributed by atoms with van der Waals surface area (Å²) >= 11 is 0. The van der Waals surface area contributed by atoms with Gasteiger partial charge in [-0.3, -0.25) is 10.3 Å². The minimum absolute atomic E-state index is 0.0401. The predicted molar refractivity (Wildman–Crippen MR) is 116 cm³/mol. The van der Waals surface area contributed by atoms with E-state index in [0.717, 1.165) is 35.4 Å². The van der Waals surface area contributed by atoms with Crippen molar-refractivity contribution >= 4 is 17.4 Å². The Bertz CT molecular complexity index is 910. The van der Waals surface area contributed by atoms with Crippen LogP contribution < -0.4 is 10.8 Å². The third kappa shape index (κ3) is 4.15. The lowest BCUT2D eigenvalue weighted by Gasteiger charge is -2.36. The van der Waals surface area contributed by atoms with Gasteiger partial charge in [-0.25, -0.2) is 4.79 Å². The molecule has 2 amide bonds. The fourth-order valence-electron chi connectivity index (χ4n) is 4.00. The lowest BCUT2D eigenvalue weighted by Crippen LogP contribution is -2.48. The molecular weight excluding hydrogens is 362 g/mol. The highest BCUT2D eigenvalue weighted by Crippen LogP contribution is 2.35. The van der Waals surface area contributed by atoms with Crippen molar-refractivity contribution in [3.05, 3.63) is 71.3 Å². The Morgan fingerprint density at radius 1 is 1.10 bits per heavy atom. The van der Waals surface area contributed by atoms with Crippen molar-refractivity contribution in [2.75, 3.05) is 18.4 Å². The minimum Gasteiger partial charge on any atom is -0.324 e. The van der Waals surface area contributed by atoms with Crippen LogP contribution in [0.15, 0.2) is 54.6 Å². The summed E-state index contributed by atoms with van der Waals surface area (Å²) in [4.78, 5) is 20.7. The van der Waals surface area contributed by atoms with Crippen LogP contribution in [0.5, 0.6) is 0 Å². The van der Waals surface area contributed by atoms with Crippen LogP contribution >= 0.6 is 0 Å². The topological polar surface area (TPSA) is 53.6 Å². The second-order valence-corrected chi connectivity index (χ2v) is 8.35. The van der Waals surface area contributed by atoms with E-state index >= 15 is 0 Å². The van der Waals surface area contributed by atoms with Gasteiger partial charge in [0.1, 0.15) is 5.60 Å². The van der Waals surface area contributed by atoms with Gasteiger partial charge in [0.05, 0.1) is 5.70 Å². The van der Waals surface area contributed by atoms with Crippen molar-refractivity contribution in [2.24, 2.45) is 0 Å². The zero-order valence-electron chi connectivity index (χ0n) is 17.4. The van der Waals surface area contributed by atoms with Crippen molar-refractivity contribution in [2.45, 2.75) is 45.1 Å². The Kier molecular flexibility index (Phi) is 5.33. The highest BCUT2D eigenvalue weighted by Gasteiger charge is 2.40. The van der Waals surface area contributed by atoms with Crippen LogP contribution in [0.2, 0.25) is 0 Å². The molecule has 0 unspecified atom stereocenters. The molecule has 1 saturated heterocycles. The molecule has 5 heteroatoms. The number of carbonyl (C=O) groups excluding carboxylic acids is 1. The number of anilines is 1. The van der Waals surface area contributed by atoms with Gasteiger partial charge in [-0.15, -0.1) is 0 Å². The number of hydroxylamine groups is 1. The molecule has 0 bridgehead atoms. The first-order chi connectivity index (χ1) is 14.0. The van der Waals surface area contributed by atoms with Crippen LogP contribution in [-0.2, 0) is 4.84 Å². The highest BCUT2D eigenvalue weighted by atomic mass is 16.7. The average Bonchev–Trinajstić information content (AvgIpc) is 3.13. The summed E-state index contributed by atoms with van der Waals surface area (Å²) in [6.45, 7) is 7.68. The Morgan fingerprint density at radius 2 is 1.79 bits per heavy atom. The summed E-state index contributed by atoms with van der Waals surface area (Å²) in [6, 6.07) is 16.4. The van der Waals surface area contributed by atoms with Crippen molar-refractivity contribution in [1.29, 1.82) is 0 Å². The van der Waals surface area contributed by atoms with Gasteiger partial charge in [0, 0.05) is 31.6 Å². The lowest BCUT2D eigenvalue weighted by atomic mass is 9.90. The van der Waals surface area contributed by atoms with Crippen LogP contribution in [-0.4, -0.2) is 29.6 Å². The van der Waals surface area contributed by atoms with Crippen LogP contribution in [0, 0.1) is 6.92 Å². The maximum Gasteiger partial charge on any atom is 0.321 e. The third-order valence-electron chi connectivity index (χ3n) is 5.86. The molecule has 2 aliphatic heterocycles. The highest BCUT2D eigenvalue weighted by molar-refractivity contribution is 5.90. The first-order valence-electron chi connectivity index (χ1n) is 10.3. The van der Waals surface area contributed by atoms with Gasteiger partial charge in [0.25, 0.3) is 0 Å². The number of aryl methyl sites for hydroxylation is 1. The first-order valence-corrected chi connectivity index (χ1v) is 10.3. The number of piperidine rings is 1. The molecule has 1 fully saturated rings. The zero-order chi connectivity index (χ0) is 20.4. The molecule has 2 aromatic rings. The molecule has 4 rings (SSSR count). The van der Waals surface area contributed by atoms with E-state index in [1.165, 1.54) is 5.56 Å². The number of nitrogens with one attached hydrogen (secondary N) is 2. The first kappa shape index (κ1) is 19.5. The molecule has 0 aromatic heterocycles. The molecule has 2 aliphatic rings. The smallest absolute Gasteiger partial charge is 0.321 e. The van der Waals surface area contributed by atoms with E-state index in [-0.39, 0.29) is 11.6 Å². The second-order valence-electron chi connectivity index (χ2n) is 8.35. The van der Waals surface area contributed by atoms with E-state index in [2.05, 4.69) is 68.0 Å². The number of rotatable bonds is 3. The van der Waals surface area contributed by atoms with Crippen molar-refractivity contribution in [1.82, 2.24) is 10.4 Å². The number of likely N-dealkylation sites (tertiary alicyclic amines) is 1. The zero-order valence-corrected chi connectivity index (χ0v) is 17.4. The summed E-state index contributed by atoms with van der Waals surface area (Å²) in [5.74, 6) is 0.361. The Morgan fingerprint density at radius 3 is 2.48 bits per heavy atom. The third-order valence-corrected chi connectivity index (χ3v) is 5.86. The van der Waals surface area contributed by atoms with E-state index in [1.54, 1.807) is 0 Å². The van der Waals surface area contributed by atoms with E-state index < -0.39 is 0 Å². The number of nitrogens with zero attached hydrogens (tertiary/aromatic N) is 1. The van der Waals surface area contributed by atoms with Gasteiger partial charge in [-0.1, -0.05) is 61.9 Å². The molecule has 2 heterocycles. The molecule has 152 valence electrons. The number of carbonyl (C=O) groups is 1. The molecule has 5 nitrogen and oxygen atoms in total. The number of amides is 2. The Balaban J connectivity index is 1.39. The Hall–Kier alpha value is -2.79. The molecule has 1 spiro atoms. The van der Waals surface area contributed by atoms with Crippen LogP contribution in [0.25, 0.3) is 5.70 Å². The predicted octanol–water partition coefficient (Wildman–Crippen LogP) is 5.06. The van der Waals surface area contributed by atoms with Crippen molar-refractivity contribution < 1.29 is 9.63 Å². The van der Waals surface area contributed by atoms with Crippen molar-refractivity contribution in [3.63, 3.8) is 0 Å². The maximum absolute atomic E-state index is 12.8. The van der Waals surface area contributed by atoms with Gasteiger partial charge in [-0.2, -0.15) is 0 Å². The SMILES string of the molecule is Cc1ccc(C2=CC3(CCN(C(=O)Nc4ccccc4C(C)C)CC3)ON2)cc1. The van der Waals surface area contributed by atoms with Gasteiger partial charge >= 0.3 is 6.03 Å². The summed E-state index contributed by atoms with van der Waals surface area (Å²) in [5.41, 5.74) is 8.18. The van der Waals surface area contributed by atoms with Gasteiger partial charge in [0.2, 0.25) is 0 Å². The van der Waals surface area contributed by atoms with E-state index in [4.69, 9.17) is 4.84 Å². The number of hydrogen-bond donors (Lipinski definition) is 2. The summed E-state index contributed by atoms with van der Waals surface area (Å²) in [5, 5.41) is 3.10. The van der Waals surface area contributed by atoms with E-state index in [0.29, 0.717) is 19.0 Å². The normalized spacial score (nSPS) is 17.9. The molecule has 0 radical (unpaired) electrons. The molecule has 2 N–H and O–H groups in total. The maximum atomic E-state index is 12.8. The number of hydrogen-bond acceptors (Lipinski definition) is 3. The number of para-hydroxylation sites is 1. The molecular formula is C24H29N3O2. The monoisotopic (exact) mass is 391 g/mol. The second kappa shape index (κ2) is 7.91. The average molecular weight is 392 g/mol. The summed E-state index contributed by atoms with van der Waals surface area (Å²) < 4.78 is 0. The van der Waals surface area contributed by atoms with E-state index in [1.807, 2.05) is 23.1 Å². The summed E-state index contributed by atoms with van der Waals surface area (Å²) in [7, 11) is 0. The molecule has 0 aliphatic carbocycles. The largest absolute Gasteiger partial charge is 0.324 e. The van der Waals surface area contributed by atoms with Crippen molar-refractivity contribution in [3.8, 4) is 0 Å². The Labute approximate surface area is 172 Å². The van der Waals surface area contributed by atoms with Crippen LogP contribution in [0.1, 0.15) is 49.3 Å². The minimum atomic E-state index is -0.340. The molecule has 29 heavy (non-hydrogen) atoms. The fraction of sp³-hybridized carbons (Fsp3) is 0.375. The quantitative estimate of drug-likeness (QED) is 0.769. The number of urea groups is 1.